The van der Waals surface area contributed by atoms with Crippen LogP contribution in [-0.2, 0) is 10.0 Å². The lowest BCUT2D eigenvalue weighted by Crippen LogP contribution is -2.18. The fourth-order valence-electron chi connectivity index (χ4n) is 1.99. The standard InChI is InChI=1S/C18H19BrN2O3S/c1-13-4-7-17(8-5-13)25(22,23)21-20-11-16-10-14(2)6-9-18(16)24-12-15(3)19/h4-11,21H,3,12H2,1-2H3/b20-11+. The van der Waals surface area contributed by atoms with Crippen LogP contribution in [0.25, 0.3) is 0 Å². The van der Waals surface area contributed by atoms with Crippen LogP contribution in [0.2, 0.25) is 0 Å². The van der Waals surface area contributed by atoms with Gasteiger partial charge in [0.2, 0.25) is 0 Å². The zero-order valence-corrected chi connectivity index (χ0v) is 16.4. The maximum atomic E-state index is 12.2. The number of hydrazone groups is 1. The van der Waals surface area contributed by atoms with Crippen molar-refractivity contribution in [2.75, 3.05) is 6.61 Å². The van der Waals surface area contributed by atoms with Crippen LogP contribution in [0.3, 0.4) is 0 Å². The molecule has 0 amide bonds. The second kappa shape index (κ2) is 8.31. The summed E-state index contributed by atoms with van der Waals surface area (Å²) in [6.45, 7) is 7.85. The molecule has 0 aliphatic carbocycles. The zero-order valence-electron chi connectivity index (χ0n) is 14.0. The molecule has 0 saturated heterocycles. The van der Waals surface area contributed by atoms with E-state index in [1.807, 2.05) is 26.0 Å². The van der Waals surface area contributed by atoms with E-state index in [4.69, 9.17) is 4.74 Å². The lowest BCUT2D eigenvalue weighted by Gasteiger charge is -2.09. The molecule has 7 heteroatoms. The van der Waals surface area contributed by atoms with E-state index in [1.165, 1.54) is 18.3 Å². The van der Waals surface area contributed by atoms with E-state index in [-0.39, 0.29) is 4.90 Å². The molecule has 2 rings (SSSR count). The molecule has 0 bridgehead atoms. The summed E-state index contributed by atoms with van der Waals surface area (Å²) in [5.41, 5.74) is 2.66. The Balaban J connectivity index is 2.17. The summed E-state index contributed by atoms with van der Waals surface area (Å²) in [7, 11) is -3.71. The molecule has 132 valence electrons. The molecule has 0 fully saturated rings. The van der Waals surface area contributed by atoms with Gasteiger partial charge in [0.05, 0.1) is 11.1 Å². The molecule has 2 aromatic rings. The summed E-state index contributed by atoms with van der Waals surface area (Å²) in [4.78, 5) is 2.37. The molecule has 2 aromatic carbocycles. The summed E-state index contributed by atoms with van der Waals surface area (Å²) in [6, 6.07) is 12.1. The normalized spacial score (nSPS) is 11.5. The summed E-state index contributed by atoms with van der Waals surface area (Å²) in [5.74, 6) is 0.587. The predicted octanol–water partition coefficient (Wildman–Crippen LogP) is 3.90. The highest BCUT2D eigenvalue weighted by Crippen LogP contribution is 2.19. The molecular formula is C18H19BrN2O3S. The Bertz CT molecular complexity index is 891. The third-order valence-corrected chi connectivity index (χ3v) is 4.72. The molecule has 0 heterocycles. The average molecular weight is 423 g/mol. The van der Waals surface area contributed by atoms with Crippen LogP contribution in [0.1, 0.15) is 16.7 Å². The number of hydrogen-bond acceptors (Lipinski definition) is 4. The monoisotopic (exact) mass is 422 g/mol. The van der Waals surface area contributed by atoms with E-state index in [0.717, 1.165) is 11.1 Å². The first-order valence-corrected chi connectivity index (χ1v) is 9.74. The molecule has 0 radical (unpaired) electrons. The number of benzene rings is 2. The zero-order chi connectivity index (χ0) is 18.4. The van der Waals surface area contributed by atoms with Crippen LogP contribution < -0.4 is 9.57 Å². The van der Waals surface area contributed by atoms with Crippen molar-refractivity contribution in [2.24, 2.45) is 5.10 Å². The number of hydrogen-bond donors (Lipinski definition) is 1. The maximum absolute atomic E-state index is 12.2. The van der Waals surface area contributed by atoms with Gasteiger partial charge < -0.3 is 4.74 Å². The molecular weight excluding hydrogens is 404 g/mol. The van der Waals surface area contributed by atoms with Crippen LogP contribution in [0.5, 0.6) is 5.75 Å². The van der Waals surface area contributed by atoms with E-state index in [2.05, 4.69) is 32.4 Å². The summed E-state index contributed by atoms with van der Waals surface area (Å²) in [5, 5.41) is 3.86. The summed E-state index contributed by atoms with van der Waals surface area (Å²) >= 11 is 3.24. The van der Waals surface area contributed by atoms with Gasteiger partial charge in [-0.05, 0) is 38.1 Å². The number of nitrogens with zero attached hydrogens (tertiary/aromatic N) is 1. The van der Waals surface area contributed by atoms with Gasteiger partial charge >= 0.3 is 0 Å². The van der Waals surface area contributed by atoms with Gasteiger partial charge in [0.25, 0.3) is 10.0 Å². The van der Waals surface area contributed by atoms with Gasteiger partial charge in [0, 0.05) is 10.0 Å². The van der Waals surface area contributed by atoms with Crippen LogP contribution >= 0.6 is 15.9 Å². The molecule has 1 N–H and O–H groups in total. The Kier molecular flexibility index (Phi) is 6.39. The number of nitrogens with one attached hydrogen (secondary N) is 1. The Morgan fingerprint density at radius 2 is 1.84 bits per heavy atom. The molecule has 0 spiro atoms. The summed E-state index contributed by atoms with van der Waals surface area (Å²) in [6.07, 6.45) is 1.42. The molecule has 25 heavy (non-hydrogen) atoms. The molecule has 0 saturated carbocycles. The van der Waals surface area contributed by atoms with Gasteiger partial charge in [-0.1, -0.05) is 51.8 Å². The van der Waals surface area contributed by atoms with E-state index >= 15 is 0 Å². The number of aryl methyl sites for hydroxylation is 2. The summed E-state index contributed by atoms with van der Waals surface area (Å²) < 4.78 is 30.8. The van der Waals surface area contributed by atoms with Crippen molar-refractivity contribution in [3.8, 4) is 5.75 Å². The topological polar surface area (TPSA) is 67.8 Å². The average Bonchev–Trinajstić information content (AvgIpc) is 2.54. The van der Waals surface area contributed by atoms with Gasteiger partial charge in [0.1, 0.15) is 12.4 Å². The quantitative estimate of drug-likeness (QED) is 0.543. The van der Waals surface area contributed by atoms with Crippen LogP contribution in [-0.4, -0.2) is 21.2 Å². The smallest absolute Gasteiger partial charge is 0.276 e. The van der Waals surface area contributed by atoms with Crippen LogP contribution in [0.15, 0.2) is 63.5 Å². The predicted molar refractivity (Wildman–Crippen MR) is 104 cm³/mol. The van der Waals surface area contributed by atoms with Gasteiger partial charge in [-0.25, -0.2) is 4.83 Å². The largest absolute Gasteiger partial charge is 0.488 e. The van der Waals surface area contributed by atoms with Crippen molar-refractivity contribution in [1.82, 2.24) is 4.83 Å². The first-order chi connectivity index (χ1) is 11.8. The van der Waals surface area contributed by atoms with Crippen LogP contribution in [0, 0.1) is 13.8 Å². The minimum Gasteiger partial charge on any atom is -0.488 e. The Morgan fingerprint density at radius 1 is 1.20 bits per heavy atom. The molecule has 0 aliphatic rings. The second-order valence-corrected chi connectivity index (χ2v) is 8.30. The van der Waals surface area contributed by atoms with Gasteiger partial charge in [-0.3, -0.25) is 0 Å². The second-order valence-electron chi connectivity index (χ2n) is 5.51. The lowest BCUT2D eigenvalue weighted by molar-refractivity contribution is 0.360. The van der Waals surface area contributed by atoms with E-state index in [0.29, 0.717) is 22.4 Å². The highest BCUT2D eigenvalue weighted by Gasteiger charge is 2.12. The number of sulfonamides is 1. The minimum atomic E-state index is -3.71. The minimum absolute atomic E-state index is 0.159. The SMILES string of the molecule is C=C(Br)COc1ccc(C)cc1/C=N/NS(=O)(=O)c1ccc(C)cc1. The Morgan fingerprint density at radius 3 is 2.48 bits per heavy atom. The maximum Gasteiger partial charge on any atom is 0.276 e. The van der Waals surface area contributed by atoms with Crippen molar-refractivity contribution < 1.29 is 13.2 Å². The van der Waals surface area contributed by atoms with E-state index < -0.39 is 10.0 Å². The number of ether oxygens (including phenoxy) is 1. The van der Waals surface area contributed by atoms with Crippen molar-refractivity contribution in [3.63, 3.8) is 0 Å². The Hall–Kier alpha value is -2.12. The van der Waals surface area contributed by atoms with Crippen molar-refractivity contribution >= 4 is 32.2 Å². The van der Waals surface area contributed by atoms with Crippen molar-refractivity contribution in [2.45, 2.75) is 18.7 Å². The lowest BCUT2D eigenvalue weighted by atomic mass is 10.1. The molecule has 0 unspecified atom stereocenters. The molecule has 0 aromatic heterocycles. The number of rotatable bonds is 7. The molecule has 5 nitrogen and oxygen atoms in total. The van der Waals surface area contributed by atoms with Crippen LogP contribution in [0.4, 0.5) is 0 Å². The highest BCUT2D eigenvalue weighted by atomic mass is 79.9. The number of halogens is 1. The fourth-order valence-corrected chi connectivity index (χ4v) is 2.90. The fraction of sp³-hybridized carbons (Fsp3) is 0.167. The third-order valence-electron chi connectivity index (χ3n) is 3.26. The van der Waals surface area contributed by atoms with E-state index in [9.17, 15) is 8.42 Å². The molecule has 0 atom stereocenters. The molecule has 0 aliphatic heterocycles. The van der Waals surface area contributed by atoms with E-state index in [1.54, 1.807) is 18.2 Å². The van der Waals surface area contributed by atoms with Gasteiger partial charge in [0.15, 0.2) is 0 Å². The Labute approximate surface area is 156 Å². The first kappa shape index (κ1) is 19.2. The van der Waals surface area contributed by atoms with Gasteiger partial charge in [-0.15, -0.1) is 0 Å². The first-order valence-electron chi connectivity index (χ1n) is 7.46. The van der Waals surface area contributed by atoms with Crippen molar-refractivity contribution in [3.05, 3.63) is 70.2 Å². The van der Waals surface area contributed by atoms with Gasteiger partial charge in [-0.2, -0.15) is 13.5 Å². The third kappa shape index (κ3) is 5.72. The highest BCUT2D eigenvalue weighted by molar-refractivity contribution is 9.11. The van der Waals surface area contributed by atoms with Crippen molar-refractivity contribution in [1.29, 1.82) is 0 Å².